The Kier molecular flexibility index (Phi) is 5.36. The van der Waals surface area contributed by atoms with Crippen LogP contribution in [0, 0.1) is 5.82 Å². The van der Waals surface area contributed by atoms with Gasteiger partial charge in [-0.15, -0.1) is 0 Å². The van der Waals surface area contributed by atoms with Crippen LogP contribution in [0.3, 0.4) is 0 Å². The highest BCUT2D eigenvalue weighted by Crippen LogP contribution is 2.19. The predicted octanol–water partition coefficient (Wildman–Crippen LogP) is 1.22. The molecule has 1 aliphatic rings. The minimum absolute atomic E-state index is 0.0448. The molecule has 0 bridgehead atoms. The lowest BCUT2D eigenvalue weighted by Gasteiger charge is -2.22. The maximum absolute atomic E-state index is 13.1. The highest BCUT2D eigenvalue weighted by Gasteiger charge is 2.34. The summed E-state index contributed by atoms with van der Waals surface area (Å²) < 4.78 is 39.5. The number of β-amino-alcohol motifs (C(OH)–C–C–N with tert-alkyl or cyclic N) is 1. The number of hydrogen-bond acceptors (Lipinski definition) is 4. The topological polar surface area (TPSA) is 77.9 Å². The normalized spacial score (nSPS) is 19.4. The van der Waals surface area contributed by atoms with E-state index >= 15 is 0 Å². The van der Waals surface area contributed by atoms with E-state index in [1.165, 1.54) is 4.90 Å². The second-order valence-electron chi connectivity index (χ2n) is 6.17. The fourth-order valence-electron chi connectivity index (χ4n) is 2.86. The SMILES string of the molecule is O=C1CN(S(=O)(=O)c2ccc(F)cc2)CC(O)CN1Cc1ccccc1. The Hall–Kier alpha value is -2.29. The molecule has 1 unspecified atom stereocenters. The summed E-state index contributed by atoms with van der Waals surface area (Å²) in [5.41, 5.74) is 0.892. The summed E-state index contributed by atoms with van der Waals surface area (Å²) in [5.74, 6) is -0.943. The van der Waals surface area contributed by atoms with Crippen molar-refractivity contribution in [1.29, 1.82) is 0 Å². The van der Waals surface area contributed by atoms with Gasteiger partial charge in [-0.2, -0.15) is 4.31 Å². The molecule has 0 aliphatic carbocycles. The molecule has 0 radical (unpaired) electrons. The number of carbonyl (C=O) groups excluding carboxylic acids is 1. The number of aliphatic hydroxyl groups is 1. The molecule has 1 fully saturated rings. The zero-order valence-corrected chi connectivity index (χ0v) is 14.8. The molecule has 0 aromatic heterocycles. The van der Waals surface area contributed by atoms with Crippen molar-refractivity contribution in [3.8, 4) is 0 Å². The lowest BCUT2D eigenvalue weighted by Crippen LogP contribution is -2.39. The number of aliphatic hydroxyl groups excluding tert-OH is 1. The molecule has 6 nitrogen and oxygen atoms in total. The van der Waals surface area contributed by atoms with Gasteiger partial charge in [-0.05, 0) is 29.8 Å². The van der Waals surface area contributed by atoms with Gasteiger partial charge in [0.2, 0.25) is 15.9 Å². The highest BCUT2D eigenvalue weighted by atomic mass is 32.2. The molecule has 1 amide bonds. The quantitative estimate of drug-likeness (QED) is 0.868. The summed E-state index contributed by atoms with van der Waals surface area (Å²) in [6.07, 6.45) is -1.01. The Balaban J connectivity index is 1.81. The van der Waals surface area contributed by atoms with Gasteiger partial charge in [0.1, 0.15) is 5.82 Å². The maximum atomic E-state index is 13.1. The van der Waals surface area contributed by atoms with Crippen molar-refractivity contribution in [2.75, 3.05) is 19.6 Å². The van der Waals surface area contributed by atoms with Gasteiger partial charge in [0.15, 0.2) is 0 Å². The number of carbonyl (C=O) groups is 1. The minimum Gasteiger partial charge on any atom is -0.390 e. The summed E-state index contributed by atoms with van der Waals surface area (Å²) in [6, 6.07) is 13.7. The number of hydrogen-bond donors (Lipinski definition) is 1. The van der Waals surface area contributed by atoms with Crippen molar-refractivity contribution in [1.82, 2.24) is 9.21 Å². The molecule has 3 rings (SSSR count). The van der Waals surface area contributed by atoms with Crippen LogP contribution in [0.15, 0.2) is 59.5 Å². The van der Waals surface area contributed by atoms with Gasteiger partial charge in [0.25, 0.3) is 0 Å². The third kappa shape index (κ3) is 4.09. The van der Waals surface area contributed by atoms with Crippen LogP contribution in [0.1, 0.15) is 5.56 Å². The van der Waals surface area contributed by atoms with Gasteiger partial charge >= 0.3 is 0 Å². The largest absolute Gasteiger partial charge is 0.390 e. The molecule has 0 spiro atoms. The van der Waals surface area contributed by atoms with Crippen LogP contribution in [0.2, 0.25) is 0 Å². The summed E-state index contributed by atoms with van der Waals surface area (Å²) in [4.78, 5) is 13.9. The van der Waals surface area contributed by atoms with Crippen molar-refractivity contribution >= 4 is 15.9 Å². The van der Waals surface area contributed by atoms with Gasteiger partial charge in [-0.3, -0.25) is 4.79 Å². The predicted molar refractivity (Wildman–Crippen MR) is 93.0 cm³/mol. The Morgan fingerprint density at radius 2 is 1.69 bits per heavy atom. The van der Waals surface area contributed by atoms with Crippen LogP contribution in [0.4, 0.5) is 4.39 Å². The molecule has 2 aromatic rings. The van der Waals surface area contributed by atoms with Crippen molar-refractivity contribution < 1.29 is 22.7 Å². The summed E-state index contributed by atoms with van der Waals surface area (Å²) in [7, 11) is -4.01. The van der Waals surface area contributed by atoms with E-state index < -0.39 is 27.9 Å². The second kappa shape index (κ2) is 7.53. The Bertz CT molecular complexity index is 872. The third-order valence-corrected chi connectivity index (χ3v) is 6.00. The molecule has 8 heteroatoms. The van der Waals surface area contributed by atoms with E-state index in [-0.39, 0.29) is 24.5 Å². The highest BCUT2D eigenvalue weighted by molar-refractivity contribution is 7.89. The minimum atomic E-state index is -4.01. The van der Waals surface area contributed by atoms with Crippen molar-refractivity contribution in [3.63, 3.8) is 0 Å². The van der Waals surface area contributed by atoms with Crippen LogP contribution in [0.25, 0.3) is 0 Å². The zero-order valence-electron chi connectivity index (χ0n) is 14.0. The van der Waals surface area contributed by atoms with Crippen LogP contribution in [-0.2, 0) is 21.4 Å². The molecule has 0 saturated carbocycles. The first-order chi connectivity index (χ1) is 12.4. The monoisotopic (exact) mass is 378 g/mol. The van der Waals surface area contributed by atoms with Crippen molar-refractivity contribution in [3.05, 3.63) is 66.0 Å². The third-order valence-electron chi connectivity index (χ3n) is 4.18. The van der Waals surface area contributed by atoms with E-state index in [1.54, 1.807) is 0 Å². The summed E-state index contributed by atoms with van der Waals surface area (Å²) >= 11 is 0. The first kappa shape index (κ1) is 18.5. The number of halogens is 1. The van der Waals surface area contributed by atoms with Crippen molar-refractivity contribution in [2.24, 2.45) is 0 Å². The molecule has 138 valence electrons. The van der Waals surface area contributed by atoms with Gasteiger partial charge in [0.05, 0.1) is 17.5 Å². The van der Waals surface area contributed by atoms with Crippen LogP contribution >= 0.6 is 0 Å². The average molecular weight is 378 g/mol. The number of sulfonamides is 1. The molecule has 1 heterocycles. The van der Waals surface area contributed by atoms with Crippen LogP contribution < -0.4 is 0 Å². The molecule has 1 aliphatic heterocycles. The molecule has 1 N–H and O–H groups in total. The molecular weight excluding hydrogens is 359 g/mol. The van der Waals surface area contributed by atoms with E-state index in [4.69, 9.17) is 0 Å². The van der Waals surface area contributed by atoms with Gasteiger partial charge < -0.3 is 10.0 Å². The second-order valence-corrected chi connectivity index (χ2v) is 8.10. The molecule has 1 saturated heterocycles. The van der Waals surface area contributed by atoms with Crippen LogP contribution in [-0.4, -0.2) is 54.4 Å². The Labute approximate surface area is 151 Å². The van der Waals surface area contributed by atoms with Crippen LogP contribution in [0.5, 0.6) is 0 Å². The first-order valence-electron chi connectivity index (χ1n) is 8.12. The molecule has 26 heavy (non-hydrogen) atoms. The smallest absolute Gasteiger partial charge is 0.243 e. The average Bonchev–Trinajstić information content (AvgIpc) is 2.75. The number of amides is 1. The lowest BCUT2D eigenvalue weighted by molar-refractivity contribution is -0.131. The number of rotatable bonds is 4. The molecular formula is C18H19FN2O4S. The fourth-order valence-corrected chi connectivity index (χ4v) is 4.29. The zero-order chi connectivity index (χ0) is 18.7. The van der Waals surface area contributed by atoms with Gasteiger partial charge in [0, 0.05) is 19.6 Å². The number of nitrogens with zero attached hydrogens (tertiary/aromatic N) is 2. The summed E-state index contributed by atoms with van der Waals surface area (Å²) in [5, 5.41) is 10.2. The van der Waals surface area contributed by atoms with Gasteiger partial charge in [-0.25, -0.2) is 12.8 Å². The first-order valence-corrected chi connectivity index (χ1v) is 9.56. The standard InChI is InChI=1S/C18H19FN2O4S/c19-15-6-8-17(9-7-15)26(24,25)21-12-16(22)11-20(18(23)13-21)10-14-4-2-1-3-5-14/h1-9,16,22H,10-13H2. The fraction of sp³-hybridized carbons (Fsp3) is 0.278. The number of benzene rings is 2. The van der Waals surface area contributed by atoms with E-state index in [2.05, 4.69) is 0 Å². The van der Waals surface area contributed by atoms with Gasteiger partial charge in [-0.1, -0.05) is 30.3 Å². The van der Waals surface area contributed by atoms with Crippen molar-refractivity contribution in [2.45, 2.75) is 17.5 Å². The molecule has 1 atom stereocenters. The summed E-state index contributed by atoms with van der Waals surface area (Å²) in [6.45, 7) is -0.231. The van der Waals surface area contributed by atoms with E-state index in [0.29, 0.717) is 6.54 Å². The lowest BCUT2D eigenvalue weighted by atomic mass is 10.2. The van der Waals surface area contributed by atoms with E-state index in [9.17, 15) is 22.7 Å². The Morgan fingerprint density at radius 1 is 1.04 bits per heavy atom. The maximum Gasteiger partial charge on any atom is 0.243 e. The molecule has 2 aromatic carbocycles. The Morgan fingerprint density at radius 3 is 2.35 bits per heavy atom. The van der Waals surface area contributed by atoms with E-state index in [0.717, 1.165) is 34.1 Å². The van der Waals surface area contributed by atoms with E-state index in [1.807, 2.05) is 30.3 Å².